The number of carbonyl (C=O) groups is 1. The van der Waals surface area contributed by atoms with Crippen LogP contribution in [-0.4, -0.2) is 67.1 Å². The molecular formula is C16H24N4O4S. The molecule has 8 nitrogen and oxygen atoms in total. The van der Waals surface area contributed by atoms with E-state index in [2.05, 4.69) is 14.9 Å². The number of carboxylic acid groups (broad SMARTS) is 1. The largest absolute Gasteiger partial charge is 0.481 e. The highest BCUT2D eigenvalue weighted by atomic mass is 32.2. The minimum atomic E-state index is -2.97. The fourth-order valence-corrected chi connectivity index (χ4v) is 5.23. The van der Waals surface area contributed by atoms with Gasteiger partial charge in [0, 0.05) is 37.9 Å². The lowest BCUT2D eigenvalue weighted by Crippen LogP contribution is -2.38. The first-order valence-corrected chi connectivity index (χ1v) is 10.3. The van der Waals surface area contributed by atoms with Crippen molar-refractivity contribution in [3.05, 3.63) is 11.8 Å². The molecule has 2 aliphatic heterocycles. The van der Waals surface area contributed by atoms with Crippen molar-refractivity contribution in [3.8, 4) is 0 Å². The predicted octanol–water partition coefficient (Wildman–Crippen LogP) is 0.709. The highest BCUT2D eigenvalue weighted by Crippen LogP contribution is 2.26. The van der Waals surface area contributed by atoms with E-state index in [1.807, 2.05) is 24.9 Å². The van der Waals surface area contributed by atoms with Gasteiger partial charge in [-0.3, -0.25) is 4.79 Å². The molecule has 1 unspecified atom stereocenters. The zero-order valence-corrected chi connectivity index (χ0v) is 15.4. The second-order valence-corrected chi connectivity index (χ2v) is 9.16. The fourth-order valence-electron chi connectivity index (χ4n) is 3.46. The number of aryl methyl sites for hydroxylation is 1. The molecule has 0 saturated carbocycles. The van der Waals surface area contributed by atoms with E-state index in [0.29, 0.717) is 38.3 Å². The molecule has 2 saturated heterocycles. The molecule has 1 aromatic rings. The van der Waals surface area contributed by atoms with Crippen LogP contribution in [0.4, 0.5) is 11.8 Å². The smallest absolute Gasteiger partial charge is 0.306 e. The molecule has 138 valence electrons. The molecule has 9 heteroatoms. The summed E-state index contributed by atoms with van der Waals surface area (Å²) in [5.74, 6) is 0.631. The van der Waals surface area contributed by atoms with E-state index in [1.165, 1.54) is 0 Å². The van der Waals surface area contributed by atoms with Crippen molar-refractivity contribution in [2.45, 2.75) is 32.2 Å². The first-order valence-electron chi connectivity index (χ1n) is 8.52. The Hall–Kier alpha value is -1.90. The Morgan fingerprint density at radius 2 is 1.96 bits per heavy atom. The van der Waals surface area contributed by atoms with Crippen LogP contribution in [0.1, 0.15) is 25.0 Å². The van der Waals surface area contributed by atoms with Crippen molar-refractivity contribution in [1.82, 2.24) is 9.97 Å². The van der Waals surface area contributed by atoms with Crippen LogP contribution in [0, 0.1) is 12.8 Å². The number of anilines is 2. The topological polar surface area (TPSA) is 104 Å². The van der Waals surface area contributed by atoms with Crippen molar-refractivity contribution < 1.29 is 18.3 Å². The summed E-state index contributed by atoms with van der Waals surface area (Å²) in [6.07, 6.45) is 1.80. The molecule has 3 rings (SSSR count). The number of sulfone groups is 1. The van der Waals surface area contributed by atoms with Gasteiger partial charge in [0.05, 0.1) is 17.4 Å². The number of aliphatic carboxylic acids is 1. The van der Waals surface area contributed by atoms with E-state index < -0.39 is 15.8 Å². The van der Waals surface area contributed by atoms with Crippen molar-refractivity contribution in [2.75, 3.05) is 41.4 Å². The number of carboxylic acids is 1. The van der Waals surface area contributed by atoms with Crippen molar-refractivity contribution >= 4 is 27.6 Å². The van der Waals surface area contributed by atoms with Gasteiger partial charge in [-0.15, -0.1) is 0 Å². The van der Waals surface area contributed by atoms with Gasteiger partial charge in [0.15, 0.2) is 9.84 Å². The minimum Gasteiger partial charge on any atom is -0.481 e. The Kier molecular flexibility index (Phi) is 4.86. The Bertz CT molecular complexity index is 759. The van der Waals surface area contributed by atoms with Gasteiger partial charge in [0.25, 0.3) is 0 Å². The van der Waals surface area contributed by atoms with Crippen LogP contribution in [-0.2, 0) is 14.6 Å². The van der Waals surface area contributed by atoms with Gasteiger partial charge in [-0.05, 0) is 26.2 Å². The molecule has 2 aliphatic rings. The first kappa shape index (κ1) is 17.9. The highest BCUT2D eigenvalue weighted by molar-refractivity contribution is 7.91. The van der Waals surface area contributed by atoms with Crippen LogP contribution in [0.3, 0.4) is 0 Å². The predicted molar refractivity (Wildman–Crippen MR) is 94.8 cm³/mol. The standard InChI is InChI=1S/C16H24N4O4S/c1-11-9-14(20-6-3-12(4-7-20)15(21)22)18-16(17-11)19(2)13-5-8-25(23,24)10-13/h9,12-13H,3-8,10H2,1-2H3,(H,21,22). The number of nitrogens with zero attached hydrogens (tertiary/aromatic N) is 4. The van der Waals surface area contributed by atoms with Crippen molar-refractivity contribution in [3.63, 3.8) is 0 Å². The zero-order valence-electron chi connectivity index (χ0n) is 14.6. The minimum absolute atomic E-state index is 0.0996. The normalized spacial score (nSPS) is 23.6. The molecular weight excluding hydrogens is 344 g/mol. The Morgan fingerprint density at radius 3 is 2.52 bits per heavy atom. The van der Waals surface area contributed by atoms with Gasteiger partial charge in [0.1, 0.15) is 5.82 Å². The number of hydrogen-bond acceptors (Lipinski definition) is 7. The summed E-state index contributed by atoms with van der Waals surface area (Å²) in [5, 5.41) is 9.12. The molecule has 1 aromatic heterocycles. The van der Waals surface area contributed by atoms with Crippen molar-refractivity contribution in [2.24, 2.45) is 5.92 Å². The molecule has 3 heterocycles. The third kappa shape index (κ3) is 4.02. The average molecular weight is 368 g/mol. The molecule has 0 aromatic carbocycles. The van der Waals surface area contributed by atoms with E-state index in [0.717, 1.165) is 11.5 Å². The van der Waals surface area contributed by atoms with Crippen molar-refractivity contribution in [1.29, 1.82) is 0 Å². The van der Waals surface area contributed by atoms with Gasteiger partial charge < -0.3 is 14.9 Å². The quantitative estimate of drug-likeness (QED) is 0.829. The number of aromatic nitrogens is 2. The molecule has 1 N–H and O–H groups in total. The van der Waals surface area contributed by atoms with Crippen LogP contribution in [0.2, 0.25) is 0 Å². The third-order valence-electron chi connectivity index (χ3n) is 5.07. The van der Waals surface area contributed by atoms with Crippen LogP contribution in [0.25, 0.3) is 0 Å². The maximum atomic E-state index is 11.7. The number of rotatable bonds is 4. The lowest BCUT2D eigenvalue weighted by molar-refractivity contribution is -0.142. The second kappa shape index (κ2) is 6.78. The summed E-state index contributed by atoms with van der Waals surface area (Å²) in [6.45, 7) is 3.18. The molecule has 25 heavy (non-hydrogen) atoms. The van der Waals surface area contributed by atoms with Gasteiger partial charge >= 0.3 is 5.97 Å². The Morgan fingerprint density at radius 1 is 1.28 bits per heavy atom. The highest BCUT2D eigenvalue weighted by Gasteiger charge is 2.32. The van der Waals surface area contributed by atoms with Gasteiger partial charge in [0.2, 0.25) is 5.95 Å². The van der Waals surface area contributed by atoms with E-state index >= 15 is 0 Å². The van der Waals surface area contributed by atoms with Gasteiger partial charge in [-0.2, -0.15) is 4.98 Å². The summed E-state index contributed by atoms with van der Waals surface area (Å²) >= 11 is 0. The number of hydrogen-bond donors (Lipinski definition) is 1. The summed E-state index contributed by atoms with van der Waals surface area (Å²) in [6, 6.07) is 1.79. The lowest BCUT2D eigenvalue weighted by Gasteiger charge is -2.32. The fraction of sp³-hybridized carbons (Fsp3) is 0.688. The van der Waals surface area contributed by atoms with E-state index in [-0.39, 0.29) is 23.5 Å². The molecule has 0 aliphatic carbocycles. The second-order valence-electron chi connectivity index (χ2n) is 6.93. The van der Waals surface area contributed by atoms with Crippen LogP contribution < -0.4 is 9.80 Å². The van der Waals surface area contributed by atoms with Gasteiger partial charge in [-0.25, -0.2) is 13.4 Å². The summed E-state index contributed by atoms with van der Waals surface area (Å²) < 4.78 is 23.4. The molecule has 0 radical (unpaired) electrons. The summed E-state index contributed by atoms with van der Waals surface area (Å²) in [7, 11) is -1.13. The van der Waals surface area contributed by atoms with Gasteiger partial charge in [-0.1, -0.05) is 0 Å². The molecule has 0 amide bonds. The van der Waals surface area contributed by atoms with Crippen LogP contribution >= 0.6 is 0 Å². The summed E-state index contributed by atoms with van der Waals surface area (Å²) in [4.78, 5) is 24.1. The summed E-state index contributed by atoms with van der Waals surface area (Å²) in [5.41, 5.74) is 0.813. The molecule has 0 bridgehead atoms. The maximum Gasteiger partial charge on any atom is 0.306 e. The monoisotopic (exact) mass is 368 g/mol. The van der Waals surface area contributed by atoms with Crippen LogP contribution in [0.15, 0.2) is 6.07 Å². The van der Waals surface area contributed by atoms with E-state index in [9.17, 15) is 13.2 Å². The lowest BCUT2D eigenvalue weighted by atomic mass is 9.97. The SMILES string of the molecule is Cc1cc(N2CCC(C(=O)O)CC2)nc(N(C)C2CCS(=O)(=O)C2)n1. The van der Waals surface area contributed by atoms with Crippen LogP contribution in [0.5, 0.6) is 0 Å². The number of piperidine rings is 1. The molecule has 1 atom stereocenters. The zero-order chi connectivity index (χ0) is 18.2. The Labute approximate surface area is 147 Å². The molecule has 2 fully saturated rings. The molecule has 0 spiro atoms. The maximum absolute atomic E-state index is 11.7. The third-order valence-corrected chi connectivity index (χ3v) is 6.82. The Balaban J connectivity index is 1.76. The average Bonchev–Trinajstić information content (AvgIpc) is 2.93. The van der Waals surface area contributed by atoms with E-state index in [4.69, 9.17) is 5.11 Å². The first-order chi connectivity index (χ1) is 11.7. The van der Waals surface area contributed by atoms with E-state index in [1.54, 1.807) is 0 Å².